The van der Waals surface area contributed by atoms with Crippen molar-refractivity contribution in [3.63, 3.8) is 0 Å². The van der Waals surface area contributed by atoms with Gasteiger partial charge in [-0.25, -0.2) is 8.42 Å². The maximum absolute atomic E-state index is 11.5. The van der Waals surface area contributed by atoms with Crippen molar-refractivity contribution in [3.05, 3.63) is 29.6 Å². The quantitative estimate of drug-likeness (QED) is 0.744. The predicted molar refractivity (Wildman–Crippen MR) is 64.3 cm³/mol. The largest absolute Gasteiger partial charge is 0.353 e. The van der Waals surface area contributed by atoms with Crippen LogP contribution in [0.15, 0.2) is 18.3 Å². The summed E-state index contributed by atoms with van der Waals surface area (Å²) in [6.07, 6.45) is 2.46. The lowest BCUT2D eigenvalue weighted by atomic mass is 10.2. The fourth-order valence-corrected chi connectivity index (χ4v) is 1.88. The van der Waals surface area contributed by atoms with Gasteiger partial charge in [0.1, 0.15) is 0 Å². The molecule has 0 atom stereocenters. The van der Waals surface area contributed by atoms with Gasteiger partial charge in [-0.3, -0.25) is 9.78 Å². The summed E-state index contributed by atoms with van der Waals surface area (Å²) in [5, 5.41) is 0. The van der Waals surface area contributed by atoms with Gasteiger partial charge in [-0.1, -0.05) is 6.07 Å². The molecule has 0 bridgehead atoms. The number of aromatic nitrogens is 1. The molecule has 18 heavy (non-hydrogen) atoms. The fraction of sp³-hybridized carbons (Fsp3) is 0.400. The van der Waals surface area contributed by atoms with Crippen molar-refractivity contribution < 1.29 is 18.0 Å². The molecule has 8 heteroatoms. The van der Waals surface area contributed by atoms with Crippen molar-refractivity contribution >= 4 is 16.0 Å². The lowest BCUT2D eigenvalue weighted by Gasteiger charge is -2.18. The smallest absolute Gasteiger partial charge is 0.323 e. The van der Waals surface area contributed by atoms with Crippen LogP contribution in [0.5, 0.6) is 0 Å². The van der Waals surface area contributed by atoms with Crippen LogP contribution in [0.1, 0.15) is 18.2 Å². The Kier molecular flexibility index (Phi) is 4.76. The third-order valence-electron chi connectivity index (χ3n) is 2.08. The molecule has 0 amide bonds. The minimum absolute atomic E-state index is 0.161. The molecule has 0 aliphatic rings. The SMILES string of the molecule is CC(=O)ON(Cc1ncccc1CN)S(C)(=O)=O. The zero-order valence-electron chi connectivity index (χ0n) is 10.2. The van der Waals surface area contributed by atoms with E-state index in [4.69, 9.17) is 5.73 Å². The van der Waals surface area contributed by atoms with Crippen molar-refractivity contribution in [1.29, 1.82) is 0 Å². The fourth-order valence-electron chi connectivity index (χ4n) is 1.28. The van der Waals surface area contributed by atoms with Gasteiger partial charge >= 0.3 is 5.97 Å². The monoisotopic (exact) mass is 273 g/mol. The van der Waals surface area contributed by atoms with E-state index in [-0.39, 0.29) is 13.1 Å². The highest BCUT2D eigenvalue weighted by Crippen LogP contribution is 2.11. The molecule has 1 aromatic heterocycles. The Morgan fingerprint density at radius 1 is 1.56 bits per heavy atom. The molecule has 0 fully saturated rings. The van der Waals surface area contributed by atoms with Gasteiger partial charge in [-0.05, 0) is 16.1 Å². The number of pyridine rings is 1. The zero-order valence-corrected chi connectivity index (χ0v) is 11.0. The van der Waals surface area contributed by atoms with Crippen LogP contribution in [-0.4, -0.2) is 30.1 Å². The van der Waals surface area contributed by atoms with E-state index in [0.29, 0.717) is 15.7 Å². The molecule has 0 radical (unpaired) electrons. The van der Waals surface area contributed by atoms with Gasteiger partial charge in [0.25, 0.3) is 0 Å². The molecule has 0 aromatic carbocycles. The van der Waals surface area contributed by atoms with E-state index in [1.807, 2.05) is 0 Å². The van der Waals surface area contributed by atoms with Crippen LogP contribution in [0, 0.1) is 0 Å². The molecule has 1 heterocycles. The third-order valence-corrected chi connectivity index (χ3v) is 3.03. The molecule has 1 aromatic rings. The second-order valence-corrected chi connectivity index (χ2v) is 5.49. The summed E-state index contributed by atoms with van der Waals surface area (Å²) in [6.45, 7) is 1.19. The number of nitrogens with two attached hydrogens (primary N) is 1. The lowest BCUT2D eigenvalue weighted by Crippen LogP contribution is -2.32. The first-order valence-electron chi connectivity index (χ1n) is 5.13. The van der Waals surface area contributed by atoms with Crippen LogP contribution >= 0.6 is 0 Å². The average Bonchev–Trinajstić information content (AvgIpc) is 2.27. The van der Waals surface area contributed by atoms with Crippen molar-refractivity contribution in [2.24, 2.45) is 5.73 Å². The molecule has 0 saturated carbocycles. The minimum Gasteiger partial charge on any atom is -0.353 e. The van der Waals surface area contributed by atoms with E-state index in [1.165, 1.54) is 6.20 Å². The van der Waals surface area contributed by atoms with Crippen molar-refractivity contribution in [2.75, 3.05) is 6.26 Å². The average molecular weight is 273 g/mol. The first-order valence-corrected chi connectivity index (χ1v) is 6.98. The van der Waals surface area contributed by atoms with Crippen LogP contribution < -0.4 is 5.73 Å². The first-order chi connectivity index (χ1) is 8.34. The van der Waals surface area contributed by atoms with Crippen molar-refractivity contribution in [3.8, 4) is 0 Å². The molecule has 0 saturated heterocycles. The Morgan fingerprint density at radius 2 is 2.22 bits per heavy atom. The highest BCUT2D eigenvalue weighted by molar-refractivity contribution is 7.88. The van der Waals surface area contributed by atoms with E-state index in [0.717, 1.165) is 13.2 Å². The van der Waals surface area contributed by atoms with E-state index >= 15 is 0 Å². The number of carbonyl (C=O) groups excluding carboxylic acids is 1. The van der Waals surface area contributed by atoms with Crippen LogP contribution in [-0.2, 0) is 32.7 Å². The number of hydroxylamine groups is 1. The number of hydrogen-bond acceptors (Lipinski definition) is 6. The topological polar surface area (TPSA) is 103 Å². The standard InChI is InChI=1S/C10H15N3O4S/c1-8(14)17-13(18(2,15)16)7-10-9(6-11)4-3-5-12-10/h3-5H,6-7,11H2,1-2H3. The van der Waals surface area contributed by atoms with E-state index < -0.39 is 16.0 Å². The number of sulfonamides is 1. The molecule has 0 unspecified atom stereocenters. The predicted octanol–water partition coefficient (Wildman–Crippen LogP) is -0.220. The highest BCUT2D eigenvalue weighted by Gasteiger charge is 2.22. The Labute approximate surface area is 106 Å². The minimum atomic E-state index is -3.67. The summed E-state index contributed by atoms with van der Waals surface area (Å²) in [7, 11) is -3.67. The van der Waals surface area contributed by atoms with E-state index in [9.17, 15) is 13.2 Å². The van der Waals surface area contributed by atoms with Gasteiger partial charge in [0.15, 0.2) is 0 Å². The van der Waals surface area contributed by atoms with Gasteiger partial charge in [-0.2, -0.15) is 0 Å². The molecule has 0 spiro atoms. The second kappa shape index (κ2) is 5.89. The van der Waals surface area contributed by atoms with Gasteiger partial charge in [0, 0.05) is 19.7 Å². The van der Waals surface area contributed by atoms with Crippen molar-refractivity contribution in [2.45, 2.75) is 20.0 Å². The molecule has 0 aliphatic heterocycles. The number of hydrogen-bond donors (Lipinski definition) is 1. The van der Waals surface area contributed by atoms with Gasteiger partial charge in [-0.15, -0.1) is 0 Å². The Bertz CT molecular complexity index is 530. The van der Waals surface area contributed by atoms with Gasteiger partial charge < -0.3 is 10.6 Å². The summed E-state index contributed by atoms with van der Waals surface area (Å²) in [5.74, 6) is -0.717. The Morgan fingerprint density at radius 3 is 2.72 bits per heavy atom. The second-order valence-electron chi connectivity index (χ2n) is 3.62. The summed E-state index contributed by atoms with van der Waals surface area (Å²) in [4.78, 5) is 19.5. The maximum atomic E-state index is 11.5. The summed E-state index contributed by atoms with van der Waals surface area (Å²) in [5.41, 5.74) is 6.66. The molecule has 100 valence electrons. The van der Waals surface area contributed by atoms with Gasteiger partial charge in [0.2, 0.25) is 10.0 Å². The Hall–Kier alpha value is -1.51. The van der Waals surface area contributed by atoms with E-state index in [2.05, 4.69) is 9.82 Å². The van der Waals surface area contributed by atoms with Gasteiger partial charge in [0.05, 0.1) is 18.5 Å². The molecule has 7 nitrogen and oxygen atoms in total. The summed E-state index contributed by atoms with van der Waals surface area (Å²) < 4.78 is 23.5. The molecule has 1 rings (SSSR count). The van der Waals surface area contributed by atoms with E-state index in [1.54, 1.807) is 12.1 Å². The molecular formula is C10H15N3O4S. The van der Waals surface area contributed by atoms with Crippen LogP contribution in [0.2, 0.25) is 0 Å². The lowest BCUT2D eigenvalue weighted by molar-refractivity contribution is -0.168. The van der Waals surface area contributed by atoms with Crippen molar-refractivity contribution in [1.82, 2.24) is 9.45 Å². The van der Waals surface area contributed by atoms with Crippen LogP contribution in [0.25, 0.3) is 0 Å². The summed E-state index contributed by atoms with van der Waals surface area (Å²) >= 11 is 0. The third kappa shape index (κ3) is 4.06. The molecule has 2 N–H and O–H groups in total. The number of nitrogens with zero attached hydrogens (tertiary/aromatic N) is 2. The maximum Gasteiger partial charge on any atom is 0.323 e. The number of rotatable bonds is 5. The first kappa shape index (κ1) is 14.6. The molecule has 0 aliphatic carbocycles. The Balaban J connectivity index is 3.00. The highest BCUT2D eigenvalue weighted by atomic mass is 32.2. The summed E-state index contributed by atoms with van der Waals surface area (Å²) in [6, 6.07) is 3.43. The van der Waals surface area contributed by atoms with Crippen LogP contribution in [0.3, 0.4) is 0 Å². The molecular weight excluding hydrogens is 258 g/mol. The zero-order chi connectivity index (χ0) is 13.8. The van der Waals surface area contributed by atoms with Crippen LogP contribution in [0.4, 0.5) is 0 Å². The number of carbonyl (C=O) groups is 1. The normalized spacial score (nSPS) is 11.6.